The molecule has 9 nitrogen and oxygen atoms in total. The van der Waals surface area contributed by atoms with Gasteiger partial charge in [-0.1, -0.05) is 16.7 Å². The van der Waals surface area contributed by atoms with Crippen LogP contribution in [0.15, 0.2) is 22.6 Å². The Morgan fingerprint density at radius 2 is 2.03 bits per heavy atom. The summed E-state index contributed by atoms with van der Waals surface area (Å²) in [7, 11) is 0. The van der Waals surface area contributed by atoms with Gasteiger partial charge in [0.2, 0.25) is 6.29 Å². The van der Waals surface area contributed by atoms with Crippen LogP contribution in [0.25, 0.3) is 0 Å². The van der Waals surface area contributed by atoms with Gasteiger partial charge in [0.25, 0.3) is 18.2 Å². The van der Waals surface area contributed by atoms with Gasteiger partial charge in [0.05, 0.1) is 31.0 Å². The van der Waals surface area contributed by atoms with E-state index in [4.69, 9.17) is 30.2 Å². The molecule has 1 aliphatic heterocycles. The normalized spacial score (nSPS) is 20.4. The molecular weight excluding hydrogens is 466 g/mol. The van der Waals surface area contributed by atoms with Crippen LogP contribution in [0.5, 0.6) is 11.8 Å². The Morgan fingerprint density at radius 3 is 2.72 bits per heavy atom. The second-order valence-corrected chi connectivity index (χ2v) is 6.90. The molecule has 1 amide bonds. The average molecular weight is 484 g/mol. The molecule has 1 aliphatic rings. The highest BCUT2D eigenvalue weighted by Crippen LogP contribution is 2.25. The topological polar surface area (TPSA) is 105 Å². The predicted molar refractivity (Wildman–Crippen MR) is 98.8 cm³/mol. The van der Waals surface area contributed by atoms with Crippen LogP contribution < -0.4 is 14.8 Å². The molecule has 32 heavy (non-hydrogen) atoms. The van der Waals surface area contributed by atoms with Crippen molar-refractivity contribution in [3.05, 3.63) is 34.9 Å². The summed E-state index contributed by atoms with van der Waals surface area (Å²) >= 11 is 5.57. The van der Waals surface area contributed by atoms with Gasteiger partial charge in [-0.15, -0.1) is 5.10 Å². The molecule has 0 bridgehead atoms. The van der Waals surface area contributed by atoms with Crippen molar-refractivity contribution in [1.29, 1.82) is 0 Å². The maximum atomic E-state index is 13.5. The van der Waals surface area contributed by atoms with E-state index < -0.39 is 55.8 Å². The van der Waals surface area contributed by atoms with E-state index in [1.54, 1.807) is 0 Å². The monoisotopic (exact) mass is 483 g/mol. The van der Waals surface area contributed by atoms with E-state index in [1.807, 2.05) is 0 Å². The summed E-state index contributed by atoms with van der Waals surface area (Å²) in [6, 6.07) is 3.23. The molecular formula is C18H18ClF4N3O6. The number of aromatic nitrogens is 2. The Balaban J connectivity index is 1.40. The lowest BCUT2D eigenvalue weighted by molar-refractivity contribution is -0.205. The second-order valence-electron chi connectivity index (χ2n) is 6.50. The summed E-state index contributed by atoms with van der Waals surface area (Å²) in [6.45, 7) is -1.43. The molecule has 1 fully saturated rings. The number of nitrogens with zero attached hydrogens (tertiary/aromatic N) is 2. The summed E-state index contributed by atoms with van der Waals surface area (Å²) in [4.78, 5) is 12.0. The van der Waals surface area contributed by atoms with E-state index in [9.17, 15) is 22.4 Å². The molecule has 1 N–H and O–H groups in total. The third-order valence-electron chi connectivity index (χ3n) is 4.03. The standard InChI is InChI=1S/C18H18ClF4N3O6/c19-11-2-1-10(5-13(11)22)28-8-14(27)24-9-6-29-17(30-7-9)16-25-26-18(32-16)31-15(23)12(21)3-4-20/h1-2,5,9,12,15,17H,3-4,6-8H2,(H,24,27). The summed E-state index contributed by atoms with van der Waals surface area (Å²) in [6.07, 6.45) is -7.13. The van der Waals surface area contributed by atoms with Gasteiger partial charge in [-0.05, 0) is 12.1 Å². The van der Waals surface area contributed by atoms with Gasteiger partial charge in [-0.2, -0.15) is 4.39 Å². The first-order chi connectivity index (χ1) is 15.4. The van der Waals surface area contributed by atoms with Gasteiger partial charge in [-0.25, -0.2) is 8.78 Å². The number of alkyl halides is 3. The number of nitrogens with one attached hydrogen (secondary N) is 1. The Bertz CT molecular complexity index is 899. The number of hydrogen-bond acceptors (Lipinski definition) is 8. The molecule has 14 heteroatoms. The molecule has 2 unspecified atom stereocenters. The van der Waals surface area contributed by atoms with Gasteiger partial charge < -0.3 is 28.7 Å². The van der Waals surface area contributed by atoms with Crippen molar-refractivity contribution in [2.75, 3.05) is 26.5 Å². The molecule has 0 aliphatic carbocycles. The third kappa shape index (κ3) is 6.68. The van der Waals surface area contributed by atoms with Gasteiger partial charge in [0, 0.05) is 12.5 Å². The summed E-state index contributed by atoms with van der Waals surface area (Å²) in [5, 5.41) is 9.47. The van der Waals surface area contributed by atoms with E-state index in [2.05, 4.69) is 20.3 Å². The number of amides is 1. The highest BCUT2D eigenvalue weighted by atomic mass is 35.5. The minimum Gasteiger partial charge on any atom is -0.484 e. The largest absolute Gasteiger partial charge is 0.484 e. The Hall–Kier alpha value is -2.64. The molecule has 3 rings (SSSR count). The first kappa shape index (κ1) is 24.0. The highest BCUT2D eigenvalue weighted by molar-refractivity contribution is 6.30. The fraction of sp³-hybridized carbons (Fsp3) is 0.500. The fourth-order valence-corrected chi connectivity index (χ4v) is 2.60. The van der Waals surface area contributed by atoms with Crippen LogP contribution in [-0.2, 0) is 14.3 Å². The molecule has 2 atom stereocenters. The first-order valence-corrected chi connectivity index (χ1v) is 9.68. The van der Waals surface area contributed by atoms with Crippen LogP contribution in [0.2, 0.25) is 5.02 Å². The summed E-state index contributed by atoms with van der Waals surface area (Å²) < 4.78 is 77.5. The Morgan fingerprint density at radius 1 is 1.28 bits per heavy atom. The fourth-order valence-electron chi connectivity index (χ4n) is 2.48. The summed E-state index contributed by atoms with van der Waals surface area (Å²) in [5.74, 6) is -1.27. The SMILES string of the molecule is O=C(COc1ccc(Cl)c(F)c1)NC1COC(c2nnc(OC(F)C(F)CCF)o2)OC1. The van der Waals surface area contributed by atoms with Crippen molar-refractivity contribution in [2.45, 2.75) is 31.3 Å². The van der Waals surface area contributed by atoms with Gasteiger partial charge in [0.1, 0.15) is 11.6 Å². The average Bonchev–Trinajstić information content (AvgIpc) is 3.23. The van der Waals surface area contributed by atoms with Crippen LogP contribution in [0.3, 0.4) is 0 Å². The van der Waals surface area contributed by atoms with E-state index in [0.717, 1.165) is 6.07 Å². The van der Waals surface area contributed by atoms with Gasteiger partial charge in [-0.3, -0.25) is 9.18 Å². The Labute approximate surface area is 183 Å². The quantitative estimate of drug-likeness (QED) is 0.514. The van der Waals surface area contributed by atoms with E-state index >= 15 is 0 Å². The maximum absolute atomic E-state index is 13.5. The van der Waals surface area contributed by atoms with Crippen LogP contribution in [0.4, 0.5) is 17.6 Å². The molecule has 2 aromatic rings. The van der Waals surface area contributed by atoms with Crippen LogP contribution in [-0.4, -0.2) is 61.2 Å². The lowest BCUT2D eigenvalue weighted by Crippen LogP contribution is -2.46. The molecule has 1 aromatic heterocycles. The van der Waals surface area contributed by atoms with Gasteiger partial charge in [0.15, 0.2) is 12.8 Å². The van der Waals surface area contributed by atoms with Crippen molar-refractivity contribution in [2.24, 2.45) is 0 Å². The predicted octanol–water partition coefficient (Wildman–Crippen LogP) is 2.84. The number of carbonyl (C=O) groups is 1. The number of hydrogen-bond donors (Lipinski definition) is 1. The highest BCUT2D eigenvalue weighted by Gasteiger charge is 2.30. The molecule has 2 heterocycles. The first-order valence-electron chi connectivity index (χ1n) is 9.30. The Kier molecular flexibility index (Phi) is 8.47. The van der Waals surface area contributed by atoms with E-state index in [-0.39, 0.29) is 36.5 Å². The van der Waals surface area contributed by atoms with Crippen LogP contribution in [0.1, 0.15) is 18.6 Å². The smallest absolute Gasteiger partial charge is 0.417 e. The molecule has 0 radical (unpaired) electrons. The van der Waals surface area contributed by atoms with Crippen molar-refractivity contribution >= 4 is 17.5 Å². The summed E-state index contributed by atoms with van der Waals surface area (Å²) in [5.41, 5.74) is 0. The zero-order valence-electron chi connectivity index (χ0n) is 16.3. The number of halogens is 5. The van der Waals surface area contributed by atoms with Crippen LogP contribution >= 0.6 is 11.6 Å². The minimum absolute atomic E-state index is 0.000654. The number of rotatable bonds is 10. The van der Waals surface area contributed by atoms with Gasteiger partial charge >= 0.3 is 6.08 Å². The zero-order chi connectivity index (χ0) is 23.1. The van der Waals surface area contributed by atoms with E-state index in [0.29, 0.717) is 0 Å². The van der Waals surface area contributed by atoms with Crippen molar-refractivity contribution in [3.8, 4) is 11.8 Å². The molecule has 1 aromatic carbocycles. The number of benzene rings is 1. The lowest BCUT2D eigenvalue weighted by Gasteiger charge is -2.27. The molecule has 176 valence electrons. The lowest BCUT2D eigenvalue weighted by atomic mass is 10.3. The van der Waals surface area contributed by atoms with Crippen molar-refractivity contribution in [3.63, 3.8) is 0 Å². The second kappa shape index (κ2) is 11.3. The number of carbonyl (C=O) groups excluding carboxylic acids is 1. The molecule has 0 saturated carbocycles. The third-order valence-corrected chi connectivity index (χ3v) is 4.34. The minimum atomic E-state index is -2.47. The van der Waals surface area contributed by atoms with Crippen molar-refractivity contribution < 1.29 is 45.7 Å². The molecule has 1 saturated heterocycles. The number of ether oxygens (including phenoxy) is 4. The van der Waals surface area contributed by atoms with E-state index in [1.165, 1.54) is 12.1 Å². The van der Waals surface area contributed by atoms with Crippen LogP contribution in [0, 0.1) is 5.82 Å². The molecule has 0 spiro atoms. The maximum Gasteiger partial charge on any atom is 0.417 e. The van der Waals surface area contributed by atoms with Crippen molar-refractivity contribution in [1.82, 2.24) is 15.5 Å². The zero-order valence-corrected chi connectivity index (χ0v) is 17.1.